The van der Waals surface area contributed by atoms with Crippen LogP contribution in [0.2, 0.25) is 0 Å². The number of carbonyl (C=O) groups excluding carboxylic acids is 3. The fourth-order valence-electron chi connectivity index (χ4n) is 3.55. The third-order valence-electron chi connectivity index (χ3n) is 5.13. The third-order valence-corrected chi connectivity index (χ3v) is 5.98. The number of methoxy groups -OCH3 is 1. The standard InChI is InChI=1S/C21H21N3O4S/c1-28-16-6-4-15(5-7-16)24-19(25)13-17(20(24)26)22-14-8-10-23(11-9-14)21(27)18-3-2-12-29-18/h2-7,12-14,22H,8-11H2,1H3. The molecular formula is C21H21N3O4S. The van der Waals surface area contributed by atoms with Crippen LogP contribution in [0.5, 0.6) is 5.75 Å². The molecule has 7 nitrogen and oxygen atoms in total. The predicted molar refractivity (Wildman–Crippen MR) is 110 cm³/mol. The van der Waals surface area contributed by atoms with Crippen molar-refractivity contribution in [3.63, 3.8) is 0 Å². The molecule has 0 aliphatic carbocycles. The molecule has 1 saturated heterocycles. The van der Waals surface area contributed by atoms with Crippen LogP contribution in [0.15, 0.2) is 53.6 Å². The summed E-state index contributed by atoms with van der Waals surface area (Å²) in [5.41, 5.74) is 0.805. The summed E-state index contributed by atoms with van der Waals surface area (Å²) in [4.78, 5) is 41.3. The molecule has 2 aliphatic rings. The number of rotatable bonds is 5. The fourth-order valence-corrected chi connectivity index (χ4v) is 4.24. The molecule has 3 heterocycles. The summed E-state index contributed by atoms with van der Waals surface area (Å²) in [6.07, 6.45) is 2.78. The number of nitrogens with one attached hydrogen (secondary N) is 1. The van der Waals surface area contributed by atoms with Crippen molar-refractivity contribution in [1.29, 1.82) is 0 Å². The van der Waals surface area contributed by atoms with E-state index in [0.29, 0.717) is 30.2 Å². The van der Waals surface area contributed by atoms with Crippen LogP contribution < -0.4 is 15.0 Å². The highest BCUT2D eigenvalue weighted by molar-refractivity contribution is 7.12. The van der Waals surface area contributed by atoms with Gasteiger partial charge in [-0.2, -0.15) is 0 Å². The average Bonchev–Trinajstić information content (AvgIpc) is 3.37. The molecule has 0 bridgehead atoms. The molecule has 4 rings (SSSR count). The summed E-state index contributed by atoms with van der Waals surface area (Å²) >= 11 is 1.44. The Morgan fingerprint density at radius 1 is 1.14 bits per heavy atom. The van der Waals surface area contributed by atoms with E-state index in [1.165, 1.54) is 17.4 Å². The van der Waals surface area contributed by atoms with Gasteiger partial charge in [0.05, 0.1) is 17.7 Å². The van der Waals surface area contributed by atoms with E-state index in [-0.39, 0.29) is 23.8 Å². The number of hydrogen-bond donors (Lipinski definition) is 1. The van der Waals surface area contributed by atoms with Gasteiger partial charge in [0, 0.05) is 25.2 Å². The van der Waals surface area contributed by atoms with Crippen molar-refractivity contribution in [1.82, 2.24) is 10.2 Å². The van der Waals surface area contributed by atoms with Crippen LogP contribution in [0.25, 0.3) is 0 Å². The van der Waals surface area contributed by atoms with Gasteiger partial charge in [-0.05, 0) is 48.6 Å². The number of benzene rings is 1. The van der Waals surface area contributed by atoms with Crippen molar-refractivity contribution in [2.75, 3.05) is 25.1 Å². The lowest BCUT2D eigenvalue weighted by Crippen LogP contribution is -2.45. The van der Waals surface area contributed by atoms with Crippen molar-refractivity contribution in [2.45, 2.75) is 18.9 Å². The zero-order valence-electron chi connectivity index (χ0n) is 16.0. The highest BCUT2D eigenvalue weighted by atomic mass is 32.1. The quantitative estimate of drug-likeness (QED) is 0.765. The Hall–Kier alpha value is -3.13. The van der Waals surface area contributed by atoms with E-state index in [9.17, 15) is 14.4 Å². The lowest BCUT2D eigenvalue weighted by atomic mass is 10.0. The lowest BCUT2D eigenvalue weighted by Gasteiger charge is -2.32. The van der Waals surface area contributed by atoms with Crippen molar-refractivity contribution < 1.29 is 19.1 Å². The SMILES string of the molecule is COc1ccc(N2C(=O)C=C(NC3CCN(C(=O)c4cccs4)CC3)C2=O)cc1. The maximum absolute atomic E-state index is 12.8. The molecule has 1 fully saturated rings. The molecular weight excluding hydrogens is 390 g/mol. The molecule has 0 saturated carbocycles. The fraction of sp³-hybridized carbons (Fsp3) is 0.286. The number of hydrogen-bond acceptors (Lipinski definition) is 6. The van der Waals surface area contributed by atoms with Gasteiger partial charge in [-0.15, -0.1) is 11.3 Å². The summed E-state index contributed by atoms with van der Waals surface area (Å²) in [5, 5.41) is 5.10. The minimum atomic E-state index is -0.368. The van der Waals surface area contributed by atoms with Gasteiger partial charge in [0.15, 0.2) is 0 Å². The molecule has 8 heteroatoms. The Balaban J connectivity index is 1.35. The molecule has 2 aromatic rings. The van der Waals surface area contributed by atoms with Gasteiger partial charge in [0.2, 0.25) is 0 Å². The lowest BCUT2D eigenvalue weighted by molar-refractivity contribution is -0.120. The molecule has 0 spiro atoms. The summed E-state index contributed by atoms with van der Waals surface area (Å²) in [7, 11) is 1.56. The monoisotopic (exact) mass is 411 g/mol. The summed E-state index contributed by atoms with van der Waals surface area (Å²) in [5.74, 6) is -0.0243. The number of imide groups is 1. The number of piperidine rings is 1. The minimum absolute atomic E-state index is 0.0428. The first kappa shape index (κ1) is 19.2. The second kappa shape index (κ2) is 8.08. The average molecular weight is 411 g/mol. The molecule has 0 unspecified atom stereocenters. The molecule has 150 valence electrons. The molecule has 2 aliphatic heterocycles. The van der Waals surface area contributed by atoms with Gasteiger partial charge in [-0.25, -0.2) is 4.90 Å². The van der Waals surface area contributed by atoms with Crippen molar-refractivity contribution in [3.8, 4) is 5.75 Å². The number of nitrogens with zero attached hydrogens (tertiary/aromatic N) is 2. The van der Waals surface area contributed by atoms with Gasteiger partial charge in [0.25, 0.3) is 17.7 Å². The number of thiophene rings is 1. The maximum atomic E-state index is 12.8. The Morgan fingerprint density at radius 2 is 1.86 bits per heavy atom. The number of likely N-dealkylation sites (tertiary alicyclic amines) is 1. The third kappa shape index (κ3) is 3.88. The number of anilines is 1. The molecule has 0 radical (unpaired) electrons. The van der Waals surface area contributed by atoms with Crippen LogP contribution in [0.1, 0.15) is 22.5 Å². The Kier molecular flexibility index (Phi) is 5.35. The zero-order valence-corrected chi connectivity index (χ0v) is 16.8. The van der Waals surface area contributed by atoms with Gasteiger partial charge < -0.3 is 15.0 Å². The largest absolute Gasteiger partial charge is 0.497 e. The Morgan fingerprint density at radius 3 is 2.48 bits per heavy atom. The van der Waals surface area contributed by atoms with Gasteiger partial charge in [0.1, 0.15) is 11.4 Å². The topological polar surface area (TPSA) is 79.0 Å². The van der Waals surface area contributed by atoms with Gasteiger partial charge in [-0.3, -0.25) is 14.4 Å². The molecule has 3 amide bonds. The number of ether oxygens (including phenoxy) is 1. The number of carbonyl (C=O) groups is 3. The summed E-state index contributed by atoms with van der Waals surface area (Å²) in [6.45, 7) is 1.23. The minimum Gasteiger partial charge on any atom is -0.497 e. The van der Waals surface area contributed by atoms with E-state index in [0.717, 1.165) is 22.6 Å². The van der Waals surface area contributed by atoms with E-state index in [1.54, 1.807) is 31.4 Å². The van der Waals surface area contributed by atoms with Crippen LogP contribution in [-0.2, 0) is 9.59 Å². The number of amides is 3. The molecule has 0 atom stereocenters. The molecule has 1 aromatic heterocycles. The summed E-state index contributed by atoms with van der Waals surface area (Å²) < 4.78 is 5.12. The second-order valence-electron chi connectivity index (χ2n) is 6.92. The molecule has 29 heavy (non-hydrogen) atoms. The molecule has 1 aromatic carbocycles. The van der Waals surface area contributed by atoms with Crippen LogP contribution in [0.3, 0.4) is 0 Å². The first-order valence-electron chi connectivity index (χ1n) is 9.40. The smallest absolute Gasteiger partial charge is 0.281 e. The van der Waals surface area contributed by atoms with Crippen molar-refractivity contribution in [2.24, 2.45) is 0 Å². The van der Waals surface area contributed by atoms with E-state index >= 15 is 0 Å². The Bertz CT molecular complexity index is 945. The van der Waals surface area contributed by atoms with E-state index in [4.69, 9.17) is 4.74 Å². The zero-order chi connectivity index (χ0) is 20.4. The molecule has 1 N–H and O–H groups in total. The van der Waals surface area contributed by atoms with Crippen LogP contribution in [0, 0.1) is 0 Å². The van der Waals surface area contributed by atoms with E-state index in [1.807, 2.05) is 22.4 Å². The summed E-state index contributed by atoms with van der Waals surface area (Å²) in [6, 6.07) is 10.5. The van der Waals surface area contributed by atoms with E-state index < -0.39 is 0 Å². The van der Waals surface area contributed by atoms with Crippen molar-refractivity contribution in [3.05, 3.63) is 58.4 Å². The van der Waals surface area contributed by atoms with Gasteiger partial charge >= 0.3 is 0 Å². The highest BCUT2D eigenvalue weighted by Gasteiger charge is 2.34. The van der Waals surface area contributed by atoms with Crippen molar-refractivity contribution >= 4 is 34.7 Å². The highest BCUT2D eigenvalue weighted by Crippen LogP contribution is 2.25. The predicted octanol–water partition coefficient (Wildman–Crippen LogP) is 2.41. The second-order valence-corrected chi connectivity index (χ2v) is 7.87. The maximum Gasteiger partial charge on any atom is 0.281 e. The van der Waals surface area contributed by atoms with Crippen LogP contribution in [-0.4, -0.2) is 48.9 Å². The Labute approximate surface area is 172 Å². The normalized spacial score (nSPS) is 17.5. The van der Waals surface area contributed by atoms with E-state index in [2.05, 4.69) is 5.32 Å². The first-order valence-corrected chi connectivity index (χ1v) is 10.3. The van der Waals surface area contributed by atoms with Crippen LogP contribution in [0.4, 0.5) is 5.69 Å². The first-order chi connectivity index (χ1) is 14.1. The van der Waals surface area contributed by atoms with Crippen LogP contribution >= 0.6 is 11.3 Å². The van der Waals surface area contributed by atoms with Gasteiger partial charge in [-0.1, -0.05) is 6.07 Å².